The summed E-state index contributed by atoms with van der Waals surface area (Å²) >= 11 is 0. The quantitative estimate of drug-likeness (QED) is 0.449. The van der Waals surface area contributed by atoms with E-state index in [1.165, 1.54) is 15.7 Å². The highest BCUT2D eigenvalue weighted by Gasteiger charge is 2.11. The summed E-state index contributed by atoms with van der Waals surface area (Å²) < 4.78 is 2.81. The number of carbonyl (C=O) groups is 1. The summed E-state index contributed by atoms with van der Waals surface area (Å²) in [5, 5.41) is 3.93. The van der Waals surface area contributed by atoms with Crippen LogP contribution in [0.3, 0.4) is 0 Å². The van der Waals surface area contributed by atoms with Crippen LogP contribution in [0, 0.1) is 6.92 Å². The van der Waals surface area contributed by atoms with E-state index in [0.29, 0.717) is 5.56 Å². The number of hydrogen-bond donors (Lipinski definition) is 1. The smallest absolute Gasteiger partial charge is 0.286 e. The minimum absolute atomic E-state index is 0.0173. The lowest BCUT2D eigenvalue weighted by Gasteiger charge is -1.97. The number of hydrogen-bond acceptors (Lipinski definition) is 3. The zero-order valence-corrected chi connectivity index (χ0v) is 9.00. The average molecular weight is 217 g/mol. The van der Waals surface area contributed by atoms with Gasteiger partial charge in [0.2, 0.25) is 6.33 Å². The lowest BCUT2D eigenvalue weighted by Crippen LogP contribution is -2.42. The van der Waals surface area contributed by atoms with Gasteiger partial charge in [0.25, 0.3) is 6.33 Å². The van der Waals surface area contributed by atoms with E-state index in [4.69, 9.17) is 5.84 Å². The van der Waals surface area contributed by atoms with Crippen molar-refractivity contribution in [2.24, 2.45) is 0 Å². The molecule has 0 unspecified atom stereocenters. The first-order valence-corrected chi connectivity index (χ1v) is 4.94. The van der Waals surface area contributed by atoms with E-state index < -0.39 is 0 Å². The van der Waals surface area contributed by atoms with Crippen LogP contribution in [-0.4, -0.2) is 15.6 Å². The van der Waals surface area contributed by atoms with Crippen LogP contribution in [0.25, 0.3) is 0 Å². The minimum atomic E-state index is 0.0173. The van der Waals surface area contributed by atoms with Gasteiger partial charge in [-0.3, -0.25) is 10.6 Å². The highest BCUT2D eigenvalue weighted by molar-refractivity contribution is 5.95. The topological polar surface area (TPSA) is 64.8 Å². The van der Waals surface area contributed by atoms with Crippen molar-refractivity contribution in [3.8, 4) is 0 Å². The second-order valence-corrected chi connectivity index (χ2v) is 3.68. The number of nitrogens with zero attached hydrogens (tertiary/aromatic N) is 3. The zero-order valence-electron chi connectivity index (χ0n) is 9.00. The molecule has 1 heterocycles. The van der Waals surface area contributed by atoms with Gasteiger partial charge in [-0.25, -0.2) is 0 Å². The van der Waals surface area contributed by atoms with E-state index in [0.717, 1.165) is 5.56 Å². The molecule has 0 fully saturated rings. The van der Waals surface area contributed by atoms with Gasteiger partial charge in [-0.05, 0) is 6.92 Å². The molecule has 5 nitrogen and oxygen atoms in total. The molecule has 0 atom stereocenters. The molecule has 0 aliphatic heterocycles. The summed E-state index contributed by atoms with van der Waals surface area (Å²) in [6.07, 6.45) is 3.01. The van der Waals surface area contributed by atoms with Crippen LogP contribution < -0.4 is 10.5 Å². The molecule has 0 bridgehead atoms. The number of nitrogens with two attached hydrogens (primary N) is 1. The van der Waals surface area contributed by atoms with Crippen LogP contribution in [0.2, 0.25) is 0 Å². The first-order valence-electron chi connectivity index (χ1n) is 4.94. The van der Waals surface area contributed by atoms with Gasteiger partial charge in [0.05, 0.1) is 0 Å². The normalized spacial score (nSPS) is 10.3. The maximum atomic E-state index is 11.8. The number of carbonyl (C=O) groups excluding carboxylic acids is 1. The third-order valence-corrected chi connectivity index (χ3v) is 2.28. The van der Waals surface area contributed by atoms with Crippen LogP contribution in [0.4, 0.5) is 0 Å². The molecule has 16 heavy (non-hydrogen) atoms. The number of Topliss-reactive ketones (excluding diaryl/α,β-unsaturated/α-hetero) is 1. The Balaban J connectivity index is 2.11. The van der Waals surface area contributed by atoms with Crippen molar-refractivity contribution in [2.45, 2.75) is 13.5 Å². The summed E-state index contributed by atoms with van der Waals surface area (Å²) in [5.74, 6) is 5.45. The Bertz CT molecular complexity index is 501. The fraction of sp³-hybridized carbons (Fsp3) is 0.182. The molecular formula is C11H13N4O+. The Morgan fingerprint density at radius 1 is 1.44 bits per heavy atom. The molecule has 0 saturated heterocycles. The number of nitrogen functional groups attached to an aromatic ring is 1. The molecule has 0 aliphatic rings. The summed E-state index contributed by atoms with van der Waals surface area (Å²) in [5.41, 5.74) is 1.82. The maximum Gasteiger partial charge on any atom is 0.286 e. The Kier molecular flexibility index (Phi) is 2.68. The van der Waals surface area contributed by atoms with Crippen molar-refractivity contribution in [1.82, 2.24) is 9.78 Å². The number of ketones is 1. The third kappa shape index (κ3) is 2.25. The number of rotatable bonds is 3. The molecule has 0 radical (unpaired) electrons. The molecule has 82 valence electrons. The van der Waals surface area contributed by atoms with E-state index in [-0.39, 0.29) is 12.3 Å². The van der Waals surface area contributed by atoms with Gasteiger partial charge in [-0.15, -0.1) is 9.36 Å². The maximum absolute atomic E-state index is 11.8. The van der Waals surface area contributed by atoms with Crippen molar-refractivity contribution in [2.75, 3.05) is 5.84 Å². The van der Waals surface area contributed by atoms with Crippen LogP contribution >= 0.6 is 0 Å². The molecular weight excluding hydrogens is 204 g/mol. The average Bonchev–Trinajstić information content (AvgIpc) is 2.65. The molecule has 0 saturated carbocycles. The number of benzene rings is 1. The summed E-state index contributed by atoms with van der Waals surface area (Å²) in [7, 11) is 0. The first-order chi connectivity index (χ1) is 7.65. The Morgan fingerprint density at radius 3 is 2.69 bits per heavy atom. The van der Waals surface area contributed by atoms with Crippen molar-refractivity contribution in [3.63, 3.8) is 0 Å². The SMILES string of the molecule is Cc1ccc(C(=O)Cn2c[n+](N)cn2)cc1. The molecule has 2 rings (SSSR count). The number of aryl methyl sites for hydroxylation is 1. The molecule has 0 spiro atoms. The molecule has 0 amide bonds. The van der Waals surface area contributed by atoms with Gasteiger partial charge in [-0.2, -0.15) is 0 Å². The third-order valence-electron chi connectivity index (χ3n) is 2.28. The fourth-order valence-electron chi connectivity index (χ4n) is 1.40. The fourth-order valence-corrected chi connectivity index (χ4v) is 1.40. The predicted molar refractivity (Wildman–Crippen MR) is 58.1 cm³/mol. The Morgan fingerprint density at radius 2 is 2.12 bits per heavy atom. The summed E-state index contributed by atoms with van der Waals surface area (Å²) in [6.45, 7) is 2.19. The van der Waals surface area contributed by atoms with Crippen LogP contribution in [0.1, 0.15) is 15.9 Å². The second kappa shape index (κ2) is 4.14. The van der Waals surface area contributed by atoms with Gasteiger partial charge in [-0.1, -0.05) is 29.8 Å². The lowest BCUT2D eigenvalue weighted by molar-refractivity contribution is -0.639. The molecule has 2 N–H and O–H groups in total. The van der Waals surface area contributed by atoms with E-state index >= 15 is 0 Å². The molecule has 0 aliphatic carbocycles. The standard InChI is InChI=1S/C11H13N4O/c1-9-2-4-10(5-3-9)11(16)6-15-8-14(12)7-13-15/h2-5,7-8H,6,12H2,1H3/q+1. The highest BCUT2D eigenvalue weighted by atomic mass is 16.1. The van der Waals surface area contributed by atoms with E-state index in [1.807, 2.05) is 31.2 Å². The Labute approximate surface area is 93.1 Å². The van der Waals surface area contributed by atoms with Gasteiger partial charge in [0.15, 0.2) is 12.3 Å². The van der Waals surface area contributed by atoms with Crippen LogP contribution in [0.5, 0.6) is 0 Å². The number of aromatic nitrogens is 3. The molecule has 2 aromatic rings. The van der Waals surface area contributed by atoms with Crippen molar-refractivity contribution in [3.05, 3.63) is 48.0 Å². The second-order valence-electron chi connectivity index (χ2n) is 3.68. The van der Waals surface area contributed by atoms with E-state index in [9.17, 15) is 4.79 Å². The summed E-state index contributed by atoms with van der Waals surface area (Å²) in [6, 6.07) is 7.47. The zero-order chi connectivity index (χ0) is 11.5. The molecule has 1 aromatic carbocycles. The van der Waals surface area contributed by atoms with Crippen molar-refractivity contribution >= 4 is 5.78 Å². The van der Waals surface area contributed by atoms with E-state index in [1.54, 1.807) is 6.33 Å². The summed E-state index contributed by atoms with van der Waals surface area (Å²) in [4.78, 5) is 11.8. The van der Waals surface area contributed by atoms with Gasteiger partial charge in [0.1, 0.15) is 0 Å². The highest BCUT2D eigenvalue weighted by Crippen LogP contribution is 2.04. The van der Waals surface area contributed by atoms with Gasteiger partial charge >= 0.3 is 0 Å². The van der Waals surface area contributed by atoms with Crippen LogP contribution in [-0.2, 0) is 6.54 Å². The minimum Gasteiger partial charge on any atom is -0.290 e. The van der Waals surface area contributed by atoms with Crippen molar-refractivity contribution in [1.29, 1.82) is 0 Å². The van der Waals surface area contributed by atoms with Gasteiger partial charge in [0, 0.05) is 10.7 Å². The molecule has 1 aromatic heterocycles. The molecule has 5 heteroatoms. The largest absolute Gasteiger partial charge is 0.290 e. The van der Waals surface area contributed by atoms with E-state index in [2.05, 4.69) is 5.10 Å². The van der Waals surface area contributed by atoms with Crippen LogP contribution in [0.15, 0.2) is 36.9 Å². The van der Waals surface area contributed by atoms with Gasteiger partial charge < -0.3 is 0 Å². The Hall–Kier alpha value is -2.17. The first kappa shape index (κ1) is 10.4. The lowest BCUT2D eigenvalue weighted by atomic mass is 10.1. The monoisotopic (exact) mass is 217 g/mol. The predicted octanol–water partition coefficient (Wildman–Crippen LogP) is 0.0757. The van der Waals surface area contributed by atoms with Crippen molar-refractivity contribution < 1.29 is 9.47 Å².